The summed E-state index contributed by atoms with van der Waals surface area (Å²) in [7, 11) is 1.68. The third-order valence-electron chi connectivity index (χ3n) is 3.84. The molecule has 1 aliphatic heterocycles. The standard InChI is InChI=1S/C17H27NO3/c1-13(2)17-12-15(8-9-21-17)18-14-4-6-16(7-5-14)20-11-10-19-3/h4-7,13,15,17-18H,8-12H2,1-3H3. The van der Waals surface area contributed by atoms with Crippen LogP contribution < -0.4 is 10.1 Å². The molecule has 0 aliphatic carbocycles. The van der Waals surface area contributed by atoms with Gasteiger partial charge in [-0.1, -0.05) is 13.8 Å². The molecule has 4 heteroatoms. The largest absolute Gasteiger partial charge is 0.491 e. The average Bonchev–Trinajstić information content (AvgIpc) is 2.49. The third-order valence-corrected chi connectivity index (χ3v) is 3.84. The second-order valence-corrected chi connectivity index (χ2v) is 5.88. The lowest BCUT2D eigenvalue weighted by Crippen LogP contribution is -2.36. The lowest BCUT2D eigenvalue weighted by Gasteiger charge is -2.33. The Labute approximate surface area is 127 Å². The normalized spacial score (nSPS) is 22.3. The van der Waals surface area contributed by atoms with Crippen LogP contribution >= 0.6 is 0 Å². The van der Waals surface area contributed by atoms with Crippen molar-refractivity contribution in [1.29, 1.82) is 0 Å². The number of ether oxygens (including phenoxy) is 3. The van der Waals surface area contributed by atoms with Crippen molar-refractivity contribution in [3.63, 3.8) is 0 Å². The quantitative estimate of drug-likeness (QED) is 0.783. The van der Waals surface area contributed by atoms with Gasteiger partial charge in [-0.3, -0.25) is 0 Å². The maximum atomic E-state index is 5.81. The van der Waals surface area contributed by atoms with Gasteiger partial charge in [0.15, 0.2) is 0 Å². The molecule has 0 spiro atoms. The molecule has 4 nitrogen and oxygen atoms in total. The highest BCUT2D eigenvalue weighted by Gasteiger charge is 2.24. The predicted octanol–water partition coefficient (Wildman–Crippen LogP) is 3.33. The molecular weight excluding hydrogens is 266 g/mol. The summed E-state index contributed by atoms with van der Waals surface area (Å²) in [5, 5.41) is 3.60. The molecular formula is C17H27NO3. The zero-order valence-electron chi connectivity index (χ0n) is 13.3. The molecule has 1 saturated heterocycles. The Balaban J connectivity index is 1.82. The molecule has 1 fully saturated rings. The number of hydrogen-bond acceptors (Lipinski definition) is 4. The molecule has 21 heavy (non-hydrogen) atoms. The van der Waals surface area contributed by atoms with Gasteiger partial charge in [0.05, 0.1) is 12.7 Å². The summed E-state index contributed by atoms with van der Waals surface area (Å²) in [4.78, 5) is 0. The Morgan fingerprint density at radius 2 is 2.00 bits per heavy atom. The van der Waals surface area contributed by atoms with Gasteiger partial charge in [0.25, 0.3) is 0 Å². The molecule has 0 amide bonds. The lowest BCUT2D eigenvalue weighted by atomic mass is 9.95. The summed E-state index contributed by atoms with van der Waals surface area (Å²) >= 11 is 0. The highest BCUT2D eigenvalue weighted by atomic mass is 16.5. The molecule has 0 radical (unpaired) electrons. The fraction of sp³-hybridized carbons (Fsp3) is 0.647. The molecule has 1 aliphatic rings. The SMILES string of the molecule is COCCOc1ccc(NC2CCOC(C(C)C)C2)cc1. The van der Waals surface area contributed by atoms with Crippen molar-refractivity contribution in [3.8, 4) is 5.75 Å². The number of anilines is 1. The molecule has 0 saturated carbocycles. The van der Waals surface area contributed by atoms with Gasteiger partial charge < -0.3 is 19.5 Å². The van der Waals surface area contributed by atoms with Gasteiger partial charge in [-0.2, -0.15) is 0 Å². The van der Waals surface area contributed by atoms with Crippen LogP contribution in [0.5, 0.6) is 5.75 Å². The highest BCUT2D eigenvalue weighted by molar-refractivity contribution is 5.47. The molecule has 2 unspecified atom stereocenters. The molecule has 2 atom stereocenters. The summed E-state index contributed by atoms with van der Waals surface area (Å²) in [5.74, 6) is 1.45. The molecule has 2 rings (SSSR count). The van der Waals surface area contributed by atoms with E-state index in [2.05, 4.69) is 31.3 Å². The van der Waals surface area contributed by atoms with E-state index in [1.54, 1.807) is 7.11 Å². The van der Waals surface area contributed by atoms with E-state index in [9.17, 15) is 0 Å². The predicted molar refractivity (Wildman–Crippen MR) is 85.0 cm³/mol. The first-order valence-electron chi connectivity index (χ1n) is 7.79. The highest BCUT2D eigenvalue weighted by Crippen LogP contribution is 2.24. The summed E-state index contributed by atoms with van der Waals surface area (Å²) in [6, 6.07) is 8.63. The first kappa shape index (κ1) is 16.1. The molecule has 1 N–H and O–H groups in total. The van der Waals surface area contributed by atoms with E-state index < -0.39 is 0 Å². The van der Waals surface area contributed by atoms with Crippen molar-refractivity contribution in [3.05, 3.63) is 24.3 Å². The van der Waals surface area contributed by atoms with Crippen LogP contribution in [0, 0.1) is 5.92 Å². The van der Waals surface area contributed by atoms with Gasteiger partial charge in [-0.25, -0.2) is 0 Å². The Morgan fingerprint density at radius 3 is 2.67 bits per heavy atom. The zero-order chi connectivity index (χ0) is 15.1. The summed E-state index contributed by atoms with van der Waals surface area (Å²) in [5.41, 5.74) is 1.14. The number of hydrogen-bond donors (Lipinski definition) is 1. The fourth-order valence-electron chi connectivity index (χ4n) is 2.55. The first-order chi connectivity index (χ1) is 10.2. The summed E-state index contributed by atoms with van der Waals surface area (Å²) in [6.07, 6.45) is 2.51. The van der Waals surface area contributed by atoms with E-state index in [1.165, 1.54) is 0 Å². The van der Waals surface area contributed by atoms with Crippen LogP contribution in [0.15, 0.2) is 24.3 Å². The molecule has 0 aromatic heterocycles. The third kappa shape index (κ3) is 5.21. The van der Waals surface area contributed by atoms with Gasteiger partial charge >= 0.3 is 0 Å². The van der Waals surface area contributed by atoms with Gasteiger partial charge in [0, 0.05) is 25.4 Å². The van der Waals surface area contributed by atoms with Crippen LogP contribution in [0.4, 0.5) is 5.69 Å². The number of benzene rings is 1. The zero-order valence-corrected chi connectivity index (χ0v) is 13.3. The van der Waals surface area contributed by atoms with Gasteiger partial charge in [0.2, 0.25) is 0 Å². The van der Waals surface area contributed by atoms with Crippen LogP contribution in [-0.4, -0.2) is 39.1 Å². The van der Waals surface area contributed by atoms with Crippen LogP contribution in [0.2, 0.25) is 0 Å². The minimum atomic E-state index is 0.368. The van der Waals surface area contributed by atoms with Gasteiger partial charge in [-0.05, 0) is 43.0 Å². The monoisotopic (exact) mass is 293 g/mol. The van der Waals surface area contributed by atoms with Crippen LogP contribution in [0.25, 0.3) is 0 Å². The lowest BCUT2D eigenvalue weighted by molar-refractivity contribution is -0.0160. The number of methoxy groups -OCH3 is 1. The molecule has 1 aromatic rings. The second-order valence-electron chi connectivity index (χ2n) is 5.88. The van der Waals surface area contributed by atoms with E-state index >= 15 is 0 Å². The number of rotatable bonds is 7. The summed E-state index contributed by atoms with van der Waals surface area (Å²) < 4.78 is 16.3. The van der Waals surface area contributed by atoms with E-state index in [1.807, 2.05) is 12.1 Å². The minimum absolute atomic E-state index is 0.368. The van der Waals surface area contributed by atoms with Crippen molar-refractivity contribution >= 4 is 5.69 Å². The average molecular weight is 293 g/mol. The molecule has 1 aromatic carbocycles. The van der Waals surface area contributed by atoms with Crippen LogP contribution in [0.3, 0.4) is 0 Å². The maximum absolute atomic E-state index is 5.81. The van der Waals surface area contributed by atoms with E-state index in [0.29, 0.717) is 31.3 Å². The van der Waals surface area contributed by atoms with E-state index in [0.717, 1.165) is 30.9 Å². The Bertz CT molecular complexity index is 405. The molecule has 0 bridgehead atoms. The Morgan fingerprint density at radius 1 is 1.24 bits per heavy atom. The van der Waals surface area contributed by atoms with E-state index in [4.69, 9.17) is 14.2 Å². The van der Waals surface area contributed by atoms with Crippen molar-refractivity contribution in [2.75, 3.05) is 32.2 Å². The van der Waals surface area contributed by atoms with Crippen molar-refractivity contribution in [2.24, 2.45) is 5.92 Å². The number of nitrogens with one attached hydrogen (secondary N) is 1. The first-order valence-corrected chi connectivity index (χ1v) is 7.79. The van der Waals surface area contributed by atoms with Gasteiger partial charge in [0.1, 0.15) is 12.4 Å². The van der Waals surface area contributed by atoms with E-state index in [-0.39, 0.29) is 0 Å². The topological polar surface area (TPSA) is 39.7 Å². The van der Waals surface area contributed by atoms with Crippen molar-refractivity contribution < 1.29 is 14.2 Å². The van der Waals surface area contributed by atoms with Crippen LogP contribution in [-0.2, 0) is 9.47 Å². The second kappa shape index (κ2) is 8.25. The van der Waals surface area contributed by atoms with Crippen molar-refractivity contribution in [1.82, 2.24) is 0 Å². The van der Waals surface area contributed by atoms with Crippen LogP contribution in [0.1, 0.15) is 26.7 Å². The summed E-state index contributed by atoms with van der Waals surface area (Å²) in [6.45, 7) is 6.48. The maximum Gasteiger partial charge on any atom is 0.119 e. The van der Waals surface area contributed by atoms with Gasteiger partial charge in [-0.15, -0.1) is 0 Å². The molecule has 118 valence electrons. The fourth-order valence-corrected chi connectivity index (χ4v) is 2.55. The Hall–Kier alpha value is -1.26. The minimum Gasteiger partial charge on any atom is -0.491 e. The smallest absolute Gasteiger partial charge is 0.119 e. The van der Waals surface area contributed by atoms with Crippen molar-refractivity contribution in [2.45, 2.75) is 38.8 Å². The molecule has 1 heterocycles. The Kier molecular flexibility index (Phi) is 6.33.